The molecule has 0 aliphatic rings. The average Bonchev–Trinajstić information content (AvgIpc) is 2.84. The number of thiophene rings is 1. The van der Waals surface area contributed by atoms with Gasteiger partial charge in [-0.05, 0) is 41.7 Å². The van der Waals surface area contributed by atoms with Crippen molar-refractivity contribution in [3.8, 4) is 0 Å². The molecule has 3 nitrogen and oxygen atoms in total. The molecule has 96 valence electrons. The zero-order valence-electron chi connectivity index (χ0n) is 10.3. The normalized spacial score (nSPS) is 11.0. The molecule has 0 amide bonds. The highest BCUT2D eigenvalue weighted by atomic mass is 32.1. The van der Waals surface area contributed by atoms with Crippen LogP contribution in [-0.2, 0) is 6.54 Å². The van der Waals surface area contributed by atoms with Gasteiger partial charge in [0, 0.05) is 0 Å². The predicted octanol–water partition coefficient (Wildman–Crippen LogP) is 3.48. The van der Waals surface area contributed by atoms with E-state index in [1.807, 2.05) is 42.6 Å². The second-order valence-corrected chi connectivity index (χ2v) is 5.71. The summed E-state index contributed by atoms with van der Waals surface area (Å²) in [7, 11) is 0. The fraction of sp³-hybridized carbons (Fsp3) is 0.143. The van der Waals surface area contributed by atoms with Crippen molar-refractivity contribution in [3.05, 3.63) is 62.0 Å². The maximum absolute atomic E-state index is 12.4. The zero-order chi connectivity index (χ0) is 13.4. The second kappa shape index (κ2) is 4.75. The Hall–Kier alpha value is -1.72. The molecule has 0 saturated heterocycles. The van der Waals surface area contributed by atoms with Crippen LogP contribution in [-0.4, -0.2) is 9.55 Å². The Balaban J connectivity index is 2.18. The standard InChI is InChI=1S/C14H12N2OS2/c1-9-4-2-3-5-10(9)8-16-13(17)12-11(6-7-19-12)15-14(16)18/h2-7H,8H2,1H3,(H,15,18). The lowest BCUT2D eigenvalue weighted by Gasteiger charge is -2.08. The lowest BCUT2D eigenvalue weighted by molar-refractivity contribution is 0.732. The molecule has 0 bridgehead atoms. The minimum atomic E-state index is -0.0167. The van der Waals surface area contributed by atoms with Crippen LogP contribution in [0.1, 0.15) is 11.1 Å². The molecule has 5 heteroatoms. The van der Waals surface area contributed by atoms with Gasteiger partial charge in [-0.1, -0.05) is 24.3 Å². The smallest absolute Gasteiger partial charge is 0.272 e. The van der Waals surface area contributed by atoms with Gasteiger partial charge in [0.05, 0.1) is 12.1 Å². The summed E-state index contributed by atoms with van der Waals surface area (Å²) in [4.78, 5) is 15.5. The van der Waals surface area contributed by atoms with Crippen LogP contribution in [0, 0.1) is 11.7 Å². The second-order valence-electron chi connectivity index (χ2n) is 4.41. The Bertz CT molecular complexity index is 857. The van der Waals surface area contributed by atoms with E-state index >= 15 is 0 Å². The van der Waals surface area contributed by atoms with Crippen LogP contribution in [0.3, 0.4) is 0 Å². The van der Waals surface area contributed by atoms with Gasteiger partial charge in [0.15, 0.2) is 4.77 Å². The highest BCUT2D eigenvalue weighted by molar-refractivity contribution is 7.71. The van der Waals surface area contributed by atoms with E-state index in [2.05, 4.69) is 4.98 Å². The minimum Gasteiger partial charge on any atom is -0.331 e. The summed E-state index contributed by atoms with van der Waals surface area (Å²) in [5.74, 6) is 0. The summed E-state index contributed by atoms with van der Waals surface area (Å²) in [6.45, 7) is 2.55. The molecule has 3 rings (SSSR count). The van der Waals surface area contributed by atoms with Crippen molar-refractivity contribution >= 4 is 33.8 Å². The number of aromatic amines is 1. The third kappa shape index (κ3) is 2.15. The van der Waals surface area contributed by atoms with E-state index in [0.29, 0.717) is 11.3 Å². The number of hydrogen-bond donors (Lipinski definition) is 1. The third-order valence-electron chi connectivity index (χ3n) is 3.18. The number of nitrogens with zero attached hydrogens (tertiary/aromatic N) is 1. The van der Waals surface area contributed by atoms with E-state index in [1.165, 1.54) is 11.3 Å². The van der Waals surface area contributed by atoms with E-state index in [1.54, 1.807) is 4.57 Å². The lowest BCUT2D eigenvalue weighted by Crippen LogP contribution is -2.22. The molecule has 0 unspecified atom stereocenters. The van der Waals surface area contributed by atoms with Crippen LogP contribution in [0.2, 0.25) is 0 Å². The summed E-state index contributed by atoms with van der Waals surface area (Å²) < 4.78 is 2.82. The van der Waals surface area contributed by atoms with Gasteiger partial charge >= 0.3 is 0 Å². The molecular weight excluding hydrogens is 276 g/mol. The maximum Gasteiger partial charge on any atom is 0.272 e. The quantitative estimate of drug-likeness (QED) is 0.733. The van der Waals surface area contributed by atoms with Crippen molar-refractivity contribution in [3.63, 3.8) is 0 Å². The van der Waals surface area contributed by atoms with Gasteiger partial charge in [0.2, 0.25) is 0 Å². The molecule has 19 heavy (non-hydrogen) atoms. The number of rotatable bonds is 2. The van der Waals surface area contributed by atoms with E-state index in [0.717, 1.165) is 21.3 Å². The number of H-pyrrole nitrogens is 1. The average molecular weight is 288 g/mol. The summed E-state index contributed by atoms with van der Waals surface area (Å²) in [6.07, 6.45) is 0. The van der Waals surface area contributed by atoms with Gasteiger partial charge in [-0.15, -0.1) is 11.3 Å². The van der Waals surface area contributed by atoms with E-state index in [4.69, 9.17) is 12.2 Å². The summed E-state index contributed by atoms with van der Waals surface area (Å²) in [6, 6.07) is 9.91. The van der Waals surface area contributed by atoms with Gasteiger partial charge in [-0.3, -0.25) is 9.36 Å². The molecule has 0 saturated carbocycles. The lowest BCUT2D eigenvalue weighted by atomic mass is 10.1. The molecule has 0 fully saturated rings. The molecule has 0 aliphatic heterocycles. The Kier molecular flexibility index (Phi) is 3.08. The van der Waals surface area contributed by atoms with Crippen LogP contribution in [0.4, 0.5) is 0 Å². The predicted molar refractivity (Wildman–Crippen MR) is 81.6 cm³/mol. The van der Waals surface area contributed by atoms with Gasteiger partial charge < -0.3 is 4.98 Å². The summed E-state index contributed by atoms with van der Waals surface area (Å²) in [5.41, 5.74) is 3.08. The van der Waals surface area contributed by atoms with Crippen molar-refractivity contribution in [1.29, 1.82) is 0 Å². The van der Waals surface area contributed by atoms with E-state index < -0.39 is 0 Å². The largest absolute Gasteiger partial charge is 0.331 e. The van der Waals surface area contributed by atoms with E-state index in [9.17, 15) is 4.79 Å². The SMILES string of the molecule is Cc1ccccc1Cn1c(=S)[nH]c2ccsc2c1=O. The van der Waals surface area contributed by atoms with Crippen LogP contribution < -0.4 is 5.56 Å². The number of nitrogens with one attached hydrogen (secondary N) is 1. The molecule has 1 aromatic carbocycles. The molecule has 0 atom stereocenters. The highest BCUT2D eigenvalue weighted by Crippen LogP contribution is 2.15. The molecule has 0 radical (unpaired) electrons. The summed E-state index contributed by atoms with van der Waals surface area (Å²) >= 11 is 6.73. The minimum absolute atomic E-state index is 0.0167. The van der Waals surface area contributed by atoms with Crippen LogP contribution >= 0.6 is 23.6 Å². The molecule has 1 N–H and O–H groups in total. The first-order chi connectivity index (χ1) is 9.16. The zero-order valence-corrected chi connectivity index (χ0v) is 12.0. The van der Waals surface area contributed by atoms with Crippen LogP contribution in [0.5, 0.6) is 0 Å². The van der Waals surface area contributed by atoms with Crippen molar-refractivity contribution in [2.45, 2.75) is 13.5 Å². The third-order valence-corrected chi connectivity index (χ3v) is 4.41. The Labute approximate surface area is 119 Å². The number of hydrogen-bond acceptors (Lipinski definition) is 3. The topological polar surface area (TPSA) is 37.8 Å². The number of fused-ring (bicyclic) bond motifs is 1. The Morgan fingerprint density at radius 3 is 2.89 bits per heavy atom. The Morgan fingerprint density at radius 1 is 1.32 bits per heavy atom. The van der Waals surface area contributed by atoms with Crippen molar-refractivity contribution in [1.82, 2.24) is 9.55 Å². The van der Waals surface area contributed by atoms with E-state index in [-0.39, 0.29) is 5.56 Å². The number of aryl methyl sites for hydroxylation is 1. The monoisotopic (exact) mass is 288 g/mol. The highest BCUT2D eigenvalue weighted by Gasteiger charge is 2.08. The van der Waals surface area contributed by atoms with Gasteiger partial charge in [0.1, 0.15) is 4.70 Å². The first-order valence-electron chi connectivity index (χ1n) is 5.91. The molecule has 2 aromatic heterocycles. The molecule has 0 spiro atoms. The van der Waals surface area contributed by atoms with Gasteiger partial charge in [-0.25, -0.2) is 0 Å². The molecular formula is C14H12N2OS2. The molecule has 2 heterocycles. The Morgan fingerprint density at radius 2 is 2.11 bits per heavy atom. The number of aromatic nitrogens is 2. The van der Waals surface area contributed by atoms with Gasteiger partial charge in [-0.2, -0.15) is 0 Å². The van der Waals surface area contributed by atoms with Crippen molar-refractivity contribution < 1.29 is 0 Å². The van der Waals surface area contributed by atoms with Crippen molar-refractivity contribution in [2.24, 2.45) is 0 Å². The number of benzene rings is 1. The van der Waals surface area contributed by atoms with Crippen molar-refractivity contribution in [2.75, 3.05) is 0 Å². The van der Waals surface area contributed by atoms with Crippen LogP contribution in [0.25, 0.3) is 10.2 Å². The molecule has 3 aromatic rings. The first-order valence-corrected chi connectivity index (χ1v) is 7.20. The van der Waals surface area contributed by atoms with Gasteiger partial charge in [0.25, 0.3) is 5.56 Å². The fourth-order valence-corrected chi connectivity index (χ4v) is 3.13. The fourth-order valence-electron chi connectivity index (χ4n) is 2.07. The molecule has 0 aliphatic carbocycles. The summed E-state index contributed by atoms with van der Waals surface area (Å²) in [5, 5.41) is 1.90. The maximum atomic E-state index is 12.4. The first kappa shape index (κ1) is 12.3. The van der Waals surface area contributed by atoms with Crippen LogP contribution in [0.15, 0.2) is 40.5 Å².